The Hall–Kier alpha value is -3.43. The molecule has 0 aliphatic rings. The lowest BCUT2D eigenvalue weighted by Gasteiger charge is -2.23. The van der Waals surface area contributed by atoms with Crippen molar-refractivity contribution in [2.45, 2.75) is 31.7 Å². The standard InChI is InChI=1S/C25H24F3N3O3/c26-25(27,28)20-9-4-8-19(15-20)24-29-23(34-30-24)11-12-31(17-22-10-5-13-33-22)16-21(32)14-18-6-2-1-3-7-18/h1-10,13,15,21,32H,11-12,14,16-17H2. The normalized spacial score (nSPS) is 12.9. The minimum Gasteiger partial charge on any atom is -0.468 e. The molecule has 4 aromatic rings. The first-order chi connectivity index (χ1) is 16.4. The first-order valence-corrected chi connectivity index (χ1v) is 10.8. The van der Waals surface area contributed by atoms with Gasteiger partial charge in [0, 0.05) is 25.1 Å². The maximum absolute atomic E-state index is 13.0. The average Bonchev–Trinajstić information content (AvgIpc) is 3.50. The van der Waals surface area contributed by atoms with Gasteiger partial charge in [-0.05, 0) is 36.2 Å². The van der Waals surface area contributed by atoms with Crippen molar-refractivity contribution in [3.63, 3.8) is 0 Å². The summed E-state index contributed by atoms with van der Waals surface area (Å²) in [5, 5.41) is 14.5. The summed E-state index contributed by atoms with van der Waals surface area (Å²) in [5.74, 6) is 1.15. The second-order valence-electron chi connectivity index (χ2n) is 8.00. The minimum absolute atomic E-state index is 0.0998. The predicted molar refractivity (Wildman–Crippen MR) is 119 cm³/mol. The summed E-state index contributed by atoms with van der Waals surface area (Å²) >= 11 is 0. The van der Waals surface area contributed by atoms with E-state index in [-0.39, 0.29) is 11.4 Å². The number of hydrogen-bond donors (Lipinski definition) is 1. The molecule has 0 amide bonds. The molecule has 2 aromatic carbocycles. The van der Waals surface area contributed by atoms with Crippen LogP contribution in [0.2, 0.25) is 0 Å². The molecule has 1 unspecified atom stereocenters. The number of aromatic nitrogens is 2. The summed E-state index contributed by atoms with van der Waals surface area (Å²) in [5.41, 5.74) is 0.500. The van der Waals surface area contributed by atoms with Crippen molar-refractivity contribution < 1.29 is 27.2 Å². The van der Waals surface area contributed by atoms with E-state index in [4.69, 9.17) is 8.94 Å². The fraction of sp³-hybridized carbons (Fsp3) is 0.280. The summed E-state index contributed by atoms with van der Waals surface area (Å²) in [6.07, 6.45) is -2.58. The van der Waals surface area contributed by atoms with Crippen molar-refractivity contribution in [2.24, 2.45) is 0 Å². The van der Waals surface area contributed by atoms with Gasteiger partial charge in [-0.15, -0.1) is 0 Å². The second-order valence-corrected chi connectivity index (χ2v) is 8.00. The van der Waals surface area contributed by atoms with Crippen LogP contribution in [0.25, 0.3) is 11.4 Å². The molecule has 178 valence electrons. The van der Waals surface area contributed by atoms with Crippen LogP contribution in [0.5, 0.6) is 0 Å². The molecule has 0 saturated carbocycles. The Morgan fingerprint density at radius 1 is 1.00 bits per heavy atom. The highest BCUT2D eigenvalue weighted by Gasteiger charge is 2.30. The third kappa shape index (κ3) is 6.55. The van der Waals surface area contributed by atoms with Gasteiger partial charge in [0.1, 0.15) is 5.76 Å². The highest BCUT2D eigenvalue weighted by molar-refractivity contribution is 5.55. The van der Waals surface area contributed by atoms with Crippen molar-refractivity contribution in [2.75, 3.05) is 13.1 Å². The molecule has 0 aliphatic carbocycles. The lowest BCUT2D eigenvalue weighted by atomic mass is 10.1. The Morgan fingerprint density at radius 2 is 1.82 bits per heavy atom. The molecular formula is C25H24F3N3O3. The lowest BCUT2D eigenvalue weighted by Crippen LogP contribution is -2.34. The molecule has 0 aliphatic heterocycles. The molecule has 34 heavy (non-hydrogen) atoms. The summed E-state index contributed by atoms with van der Waals surface area (Å²) in [4.78, 5) is 6.28. The Morgan fingerprint density at radius 3 is 2.56 bits per heavy atom. The van der Waals surface area contributed by atoms with Gasteiger partial charge in [-0.2, -0.15) is 18.2 Å². The van der Waals surface area contributed by atoms with Crippen molar-refractivity contribution in [1.29, 1.82) is 0 Å². The molecule has 0 fully saturated rings. The number of hydrogen-bond acceptors (Lipinski definition) is 6. The highest BCUT2D eigenvalue weighted by Crippen LogP contribution is 2.31. The van der Waals surface area contributed by atoms with Gasteiger partial charge >= 0.3 is 6.18 Å². The number of furan rings is 1. The van der Waals surface area contributed by atoms with Gasteiger partial charge in [0.05, 0.1) is 24.5 Å². The average molecular weight is 471 g/mol. The van der Waals surface area contributed by atoms with Crippen LogP contribution in [0.1, 0.15) is 22.8 Å². The van der Waals surface area contributed by atoms with Crippen LogP contribution in [0.15, 0.2) is 81.9 Å². The van der Waals surface area contributed by atoms with Crippen LogP contribution in [0, 0.1) is 0 Å². The molecule has 0 spiro atoms. The SMILES string of the molecule is OC(Cc1ccccc1)CN(CCc1nc(-c2cccc(C(F)(F)F)c2)no1)Cc1ccco1. The molecular weight excluding hydrogens is 447 g/mol. The fourth-order valence-electron chi connectivity index (χ4n) is 3.67. The number of halogens is 3. The molecule has 2 aromatic heterocycles. The summed E-state index contributed by atoms with van der Waals surface area (Å²) in [6, 6.07) is 18.2. The smallest absolute Gasteiger partial charge is 0.416 e. The van der Waals surface area contributed by atoms with Gasteiger partial charge in [-0.25, -0.2) is 0 Å². The molecule has 0 radical (unpaired) electrons. The van der Waals surface area contributed by atoms with E-state index in [0.29, 0.717) is 38.4 Å². The molecule has 9 heteroatoms. The molecule has 1 atom stereocenters. The molecule has 6 nitrogen and oxygen atoms in total. The molecule has 0 bridgehead atoms. The minimum atomic E-state index is -4.45. The number of alkyl halides is 3. The number of rotatable bonds is 10. The van der Waals surface area contributed by atoms with E-state index in [1.165, 1.54) is 12.1 Å². The summed E-state index contributed by atoms with van der Waals surface area (Å²) in [7, 11) is 0. The maximum Gasteiger partial charge on any atom is 0.416 e. The molecule has 1 N–H and O–H groups in total. The van der Waals surface area contributed by atoms with Gasteiger partial charge in [0.15, 0.2) is 0 Å². The number of nitrogens with zero attached hydrogens (tertiary/aromatic N) is 3. The predicted octanol–water partition coefficient (Wildman–Crippen LogP) is 5.00. The van der Waals surface area contributed by atoms with Gasteiger partial charge in [0.2, 0.25) is 11.7 Å². The van der Waals surface area contributed by atoms with Crippen LogP contribution < -0.4 is 0 Å². The van der Waals surface area contributed by atoms with Gasteiger partial charge in [-0.1, -0.05) is 47.6 Å². The van der Waals surface area contributed by atoms with E-state index in [0.717, 1.165) is 23.5 Å². The number of aliphatic hydroxyl groups is 1. The Kier molecular flexibility index (Phi) is 7.44. The van der Waals surface area contributed by atoms with E-state index in [2.05, 4.69) is 10.1 Å². The molecule has 4 rings (SSSR count). The van der Waals surface area contributed by atoms with Crippen molar-refractivity contribution in [3.8, 4) is 11.4 Å². The zero-order valence-electron chi connectivity index (χ0n) is 18.3. The Labute approximate surface area is 194 Å². The molecule has 2 heterocycles. The van der Waals surface area contributed by atoms with E-state index in [1.54, 1.807) is 12.3 Å². The zero-order valence-corrected chi connectivity index (χ0v) is 18.3. The van der Waals surface area contributed by atoms with Crippen molar-refractivity contribution >= 4 is 0 Å². The van der Waals surface area contributed by atoms with Crippen LogP contribution in [0.3, 0.4) is 0 Å². The quantitative estimate of drug-likeness (QED) is 0.351. The number of aliphatic hydroxyl groups excluding tert-OH is 1. The van der Waals surface area contributed by atoms with Crippen LogP contribution in [-0.2, 0) is 25.6 Å². The Bertz CT molecular complexity index is 1160. The van der Waals surface area contributed by atoms with Crippen molar-refractivity contribution in [3.05, 3.63) is 95.8 Å². The topological polar surface area (TPSA) is 75.5 Å². The first-order valence-electron chi connectivity index (χ1n) is 10.8. The maximum atomic E-state index is 13.0. The van der Waals surface area contributed by atoms with E-state index >= 15 is 0 Å². The second kappa shape index (κ2) is 10.7. The van der Waals surface area contributed by atoms with E-state index < -0.39 is 17.8 Å². The van der Waals surface area contributed by atoms with Crippen LogP contribution in [0.4, 0.5) is 13.2 Å². The van der Waals surface area contributed by atoms with Gasteiger partial charge in [0.25, 0.3) is 0 Å². The fourth-order valence-corrected chi connectivity index (χ4v) is 3.67. The van der Waals surface area contributed by atoms with E-state index in [1.807, 2.05) is 41.3 Å². The summed E-state index contributed by atoms with van der Waals surface area (Å²) in [6.45, 7) is 1.36. The van der Waals surface area contributed by atoms with Gasteiger partial charge < -0.3 is 14.0 Å². The van der Waals surface area contributed by atoms with Crippen LogP contribution in [-0.4, -0.2) is 39.3 Å². The monoisotopic (exact) mass is 471 g/mol. The first kappa shape index (κ1) is 23.7. The van der Waals surface area contributed by atoms with Crippen molar-refractivity contribution in [1.82, 2.24) is 15.0 Å². The van der Waals surface area contributed by atoms with Crippen LogP contribution >= 0.6 is 0 Å². The lowest BCUT2D eigenvalue weighted by molar-refractivity contribution is -0.137. The largest absolute Gasteiger partial charge is 0.468 e. The Balaban J connectivity index is 1.41. The third-order valence-corrected chi connectivity index (χ3v) is 5.30. The highest BCUT2D eigenvalue weighted by atomic mass is 19.4. The number of benzene rings is 2. The van der Waals surface area contributed by atoms with E-state index in [9.17, 15) is 18.3 Å². The summed E-state index contributed by atoms with van der Waals surface area (Å²) < 4.78 is 49.7. The molecule has 0 saturated heterocycles. The zero-order chi connectivity index (χ0) is 24.0. The van der Waals surface area contributed by atoms with Gasteiger partial charge in [-0.3, -0.25) is 4.90 Å². The third-order valence-electron chi connectivity index (χ3n) is 5.30.